The van der Waals surface area contributed by atoms with Gasteiger partial charge in [-0.15, -0.1) is 0 Å². The first kappa shape index (κ1) is 20.1. The second kappa shape index (κ2) is 7.41. The SMILES string of the molecule is CN(C)c1ccc(C2(c3ccc(N(C)C)cc3)OC(=O)c3cccc4cccc2c34)cc1. The number of carbonyl (C=O) groups excluding carboxylic acids is 1. The number of rotatable bonds is 4. The second-order valence-electron chi connectivity index (χ2n) is 8.66. The fraction of sp³-hybridized carbons (Fsp3) is 0.179. The molecule has 4 nitrogen and oxygen atoms in total. The predicted octanol–water partition coefficient (Wildman–Crippen LogP) is 5.43. The number of ether oxygens (including phenoxy) is 1. The summed E-state index contributed by atoms with van der Waals surface area (Å²) in [6, 6.07) is 28.5. The molecule has 5 rings (SSSR count). The number of benzene rings is 4. The average molecular weight is 423 g/mol. The molecule has 0 N–H and O–H groups in total. The molecule has 1 heterocycles. The second-order valence-corrected chi connectivity index (χ2v) is 8.66. The number of hydrogen-bond acceptors (Lipinski definition) is 4. The lowest BCUT2D eigenvalue weighted by atomic mass is 9.75. The lowest BCUT2D eigenvalue weighted by Gasteiger charge is -2.39. The zero-order valence-electron chi connectivity index (χ0n) is 18.8. The minimum Gasteiger partial charge on any atom is -0.441 e. The topological polar surface area (TPSA) is 32.8 Å². The van der Waals surface area contributed by atoms with Gasteiger partial charge in [0.25, 0.3) is 0 Å². The Morgan fingerprint density at radius 1 is 0.656 bits per heavy atom. The first-order valence-electron chi connectivity index (χ1n) is 10.7. The van der Waals surface area contributed by atoms with Crippen LogP contribution in [0, 0.1) is 0 Å². The molecule has 0 bridgehead atoms. The van der Waals surface area contributed by atoms with Gasteiger partial charge in [-0.05, 0) is 35.7 Å². The van der Waals surface area contributed by atoms with Crippen molar-refractivity contribution in [2.45, 2.75) is 5.60 Å². The molecule has 4 aromatic rings. The van der Waals surface area contributed by atoms with Crippen molar-refractivity contribution < 1.29 is 9.53 Å². The largest absolute Gasteiger partial charge is 0.441 e. The molecular weight excluding hydrogens is 396 g/mol. The number of hydrogen-bond donors (Lipinski definition) is 0. The Labute approximate surface area is 188 Å². The highest BCUT2D eigenvalue weighted by atomic mass is 16.6. The van der Waals surface area contributed by atoms with Crippen LogP contribution in [0.25, 0.3) is 10.8 Å². The Bertz CT molecular complexity index is 1250. The summed E-state index contributed by atoms with van der Waals surface area (Å²) in [7, 11) is 8.06. The van der Waals surface area contributed by atoms with Gasteiger partial charge < -0.3 is 14.5 Å². The maximum atomic E-state index is 13.3. The number of esters is 1. The van der Waals surface area contributed by atoms with Gasteiger partial charge in [0, 0.05) is 61.6 Å². The molecule has 1 aliphatic rings. The molecule has 0 radical (unpaired) electrons. The normalized spacial score (nSPS) is 14.2. The van der Waals surface area contributed by atoms with Crippen LogP contribution < -0.4 is 9.80 Å². The van der Waals surface area contributed by atoms with E-state index in [4.69, 9.17) is 4.74 Å². The zero-order valence-corrected chi connectivity index (χ0v) is 18.8. The summed E-state index contributed by atoms with van der Waals surface area (Å²) in [5.41, 5.74) is 4.61. The Balaban J connectivity index is 1.84. The molecule has 4 heteroatoms. The van der Waals surface area contributed by atoms with Crippen LogP contribution in [-0.4, -0.2) is 34.2 Å². The van der Waals surface area contributed by atoms with Crippen molar-refractivity contribution in [1.29, 1.82) is 0 Å². The molecule has 0 saturated heterocycles. The van der Waals surface area contributed by atoms with Crippen LogP contribution in [0.1, 0.15) is 27.0 Å². The van der Waals surface area contributed by atoms with E-state index in [0.717, 1.165) is 38.8 Å². The summed E-state index contributed by atoms with van der Waals surface area (Å²) < 4.78 is 6.40. The van der Waals surface area contributed by atoms with Gasteiger partial charge in [-0.2, -0.15) is 0 Å². The summed E-state index contributed by atoms with van der Waals surface area (Å²) in [5, 5.41) is 2.00. The highest BCUT2D eigenvalue weighted by molar-refractivity contribution is 6.09. The van der Waals surface area contributed by atoms with E-state index in [-0.39, 0.29) is 5.97 Å². The number of carbonyl (C=O) groups is 1. The first-order chi connectivity index (χ1) is 15.4. The van der Waals surface area contributed by atoms with Crippen LogP contribution in [0.2, 0.25) is 0 Å². The minimum atomic E-state index is -1.03. The Morgan fingerprint density at radius 3 is 1.66 bits per heavy atom. The Hall–Kier alpha value is -3.79. The summed E-state index contributed by atoms with van der Waals surface area (Å²) in [6.45, 7) is 0. The van der Waals surface area contributed by atoms with Gasteiger partial charge in [0.05, 0.1) is 5.56 Å². The van der Waals surface area contributed by atoms with Gasteiger partial charge in [-0.1, -0.05) is 54.6 Å². The number of anilines is 2. The van der Waals surface area contributed by atoms with E-state index in [2.05, 4.69) is 76.5 Å². The van der Waals surface area contributed by atoms with Crippen molar-refractivity contribution in [1.82, 2.24) is 0 Å². The third kappa shape index (κ3) is 2.94. The van der Waals surface area contributed by atoms with Crippen molar-refractivity contribution in [3.05, 3.63) is 107 Å². The number of cyclic esters (lactones) is 1. The van der Waals surface area contributed by atoms with E-state index in [1.165, 1.54) is 0 Å². The monoisotopic (exact) mass is 422 g/mol. The van der Waals surface area contributed by atoms with Crippen LogP contribution in [0.3, 0.4) is 0 Å². The van der Waals surface area contributed by atoms with E-state index < -0.39 is 5.60 Å². The van der Waals surface area contributed by atoms with E-state index in [1.807, 2.05) is 46.4 Å². The molecule has 32 heavy (non-hydrogen) atoms. The quantitative estimate of drug-likeness (QED) is 0.410. The summed E-state index contributed by atoms with van der Waals surface area (Å²) in [4.78, 5) is 17.5. The van der Waals surface area contributed by atoms with Crippen LogP contribution in [0.15, 0.2) is 84.9 Å². The van der Waals surface area contributed by atoms with Gasteiger partial charge in [-0.25, -0.2) is 4.79 Å². The molecule has 0 spiro atoms. The molecule has 0 saturated carbocycles. The fourth-order valence-electron chi connectivity index (χ4n) is 4.64. The summed E-state index contributed by atoms with van der Waals surface area (Å²) in [6.07, 6.45) is 0. The zero-order chi connectivity index (χ0) is 22.5. The smallest absolute Gasteiger partial charge is 0.340 e. The van der Waals surface area contributed by atoms with Crippen molar-refractivity contribution in [2.24, 2.45) is 0 Å². The van der Waals surface area contributed by atoms with Gasteiger partial charge in [-0.3, -0.25) is 0 Å². The van der Waals surface area contributed by atoms with Crippen LogP contribution in [-0.2, 0) is 10.3 Å². The molecule has 1 aliphatic heterocycles. The van der Waals surface area contributed by atoms with E-state index in [1.54, 1.807) is 0 Å². The van der Waals surface area contributed by atoms with Gasteiger partial charge in [0.15, 0.2) is 5.60 Å². The molecule has 0 fully saturated rings. The van der Waals surface area contributed by atoms with Crippen molar-refractivity contribution in [3.63, 3.8) is 0 Å². The molecule has 4 aromatic carbocycles. The summed E-state index contributed by atoms with van der Waals surface area (Å²) in [5.74, 6) is -0.303. The first-order valence-corrected chi connectivity index (χ1v) is 10.7. The molecule has 0 aliphatic carbocycles. The van der Waals surface area contributed by atoms with Crippen molar-refractivity contribution in [2.75, 3.05) is 38.0 Å². The van der Waals surface area contributed by atoms with Gasteiger partial charge in [0.1, 0.15) is 0 Å². The Kier molecular flexibility index (Phi) is 4.66. The van der Waals surface area contributed by atoms with Gasteiger partial charge >= 0.3 is 5.97 Å². The molecule has 0 unspecified atom stereocenters. The standard InChI is InChI=1S/C28H26N2O2/c1-29(2)22-15-11-20(12-16-22)28(21-13-17-23(18-14-21)30(3)4)25-10-6-8-19-7-5-9-24(26(19)25)27(31)32-28/h5-18H,1-4H3. The third-order valence-corrected chi connectivity index (χ3v) is 6.33. The minimum absolute atomic E-state index is 0.303. The summed E-state index contributed by atoms with van der Waals surface area (Å²) >= 11 is 0. The maximum Gasteiger partial charge on any atom is 0.340 e. The van der Waals surface area contributed by atoms with E-state index >= 15 is 0 Å². The lowest BCUT2D eigenvalue weighted by molar-refractivity contribution is 0.0126. The highest BCUT2D eigenvalue weighted by Crippen LogP contribution is 2.48. The van der Waals surface area contributed by atoms with Crippen LogP contribution in [0.4, 0.5) is 11.4 Å². The van der Waals surface area contributed by atoms with Crippen molar-refractivity contribution in [3.8, 4) is 0 Å². The predicted molar refractivity (Wildman–Crippen MR) is 131 cm³/mol. The van der Waals surface area contributed by atoms with Crippen molar-refractivity contribution >= 4 is 28.1 Å². The molecule has 0 amide bonds. The lowest BCUT2D eigenvalue weighted by Crippen LogP contribution is -2.38. The van der Waals surface area contributed by atoms with Crippen LogP contribution in [0.5, 0.6) is 0 Å². The van der Waals surface area contributed by atoms with Gasteiger partial charge in [0.2, 0.25) is 0 Å². The third-order valence-electron chi connectivity index (χ3n) is 6.33. The van der Waals surface area contributed by atoms with E-state index in [9.17, 15) is 4.79 Å². The maximum absolute atomic E-state index is 13.3. The number of nitrogens with zero attached hydrogens (tertiary/aromatic N) is 2. The molecule has 160 valence electrons. The molecular formula is C28H26N2O2. The average Bonchev–Trinajstić information content (AvgIpc) is 2.81. The van der Waals surface area contributed by atoms with Crippen LogP contribution >= 0.6 is 0 Å². The van der Waals surface area contributed by atoms with E-state index in [0.29, 0.717) is 5.56 Å². The fourth-order valence-corrected chi connectivity index (χ4v) is 4.64. The molecule has 0 atom stereocenters. The highest BCUT2D eigenvalue weighted by Gasteiger charge is 2.45. The Morgan fingerprint density at radius 2 is 1.16 bits per heavy atom. The molecule has 0 aromatic heterocycles.